The highest BCUT2D eigenvalue weighted by atomic mass is 16.6. The number of benzene rings is 1. The highest BCUT2D eigenvalue weighted by molar-refractivity contribution is 5.80. The van der Waals surface area contributed by atoms with Gasteiger partial charge >= 0.3 is 0 Å². The van der Waals surface area contributed by atoms with Gasteiger partial charge in [-0.25, -0.2) is 4.98 Å². The van der Waals surface area contributed by atoms with Crippen molar-refractivity contribution in [1.82, 2.24) is 14.5 Å². The van der Waals surface area contributed by atoms with Crippen LogP contribution in [0.2, 0.25) is 0 Å². The molecular formula is C14H14N4O4. The molecule has 22 heavy (non-hydrogen) atoms. The molecule has 0 saturated carbocycles. The van der Waals surface area contributed by atoms with Gasteiger partial charge in [0.05, 0.1) is 22.2 Å². The minimum absolute atomic E-state index is 0.0568. The van der Waals surface area contributed by atoms with Gasteiger partial charge in [-0.05, 0) is 18.9 Å². The number of carbonyl (C=O) groups is 1. The molecule has 8 nitrogen and oxygen atoms in total. The molecule has 0 aliphatic carbocycles. The molecule has 2 heterocycles. The van der Waals surface area contributed by atoms with Gasteiger partial charge in [0, 0.05) is 25.2 Å². The van der Waals surface area contributed by atoms with Crippen LogP contribution in [0.1, 0.15) is 12.8 Å². The minimum atomic E-state index is -0.538. The Balaban J connectivity index is 1.93. The van der Waals surface area contributed by atoms with Gasteiger partial charge in [0.2, 0.25) is 5.91 Å². The maximum atomic E-state index is 12.3. The molecule has 0 atom stereocenters. The first-order chi connectivity index (χ1) is 10.6. The third-order valence-corrected chi connectivity index (χ3v) is 3.78. The Labute approximate surface area is 125 Å². The van der Waals surface area contributed by atoms with Crippen LogP contribution >= 0.6 is 0 Å². The van der Waals surface area contributed by atoms with Gasteiger partial charge in [0.15, 0.2) is 0 Å². The molecule has 1 aliphatic heterocycles. The van der Waals surface area contributed by atoms with Crippen LogP contribution in [0.4, 0.5) is 5.69 Å². The molecule has 1 aliphatic rings. The summed E-state index contributed by atoms with van der Waals surface area (Å²) in [7, 11) is 0. The number of likely N-dealkylation sites (tertiary alicyclic amines) is 1. The number of aromatic nitrogens is 2. The second kappa shape index (κ2) is 5.55. The van der Waals surface area contributed by atoms with Crippen molar-refractivity contribution in [3.63, 3.8) is 0 Å². The zero-order chi connectivity index (χ0) is 15.7. The average Bonchev–Trinajstić information content (AvgIpc) is 3.04. The van der Waals surface area contributed by atoms with Gasteiger partial charge in [0.25, 0.3) is 11.2 Å². The predicted molar refractivity (Wildman–Crippen MR) is 78.5 cm³/mol. The normalized spacial score (nSPS) is 14.5. The summed E-state index contributed by atoms with van der Waals surface area (Å²) in [5.74, 6) is -0.109. The van der Waals surface area contributed by atoms with Crippen LogP contribution in [0.5, 0.6) is 0 Å². The summed E-state index contributed by atoms with van der Waals surface area (Å²) >= 11 is 0. The lowest BCUT2D eigenvalue weighted by Gasteiger charge is -2.15. The number of hydrogen-bond donors (Lipinski definition) is 0. The van der Waals surface area contributed by atoms with Gasteiger partial charge in [-0.2, -0.15) is 0 Å². The molecule has 0 spiro atoms. The topological polar surface area (TPSA) is 98.3 Å². The quantitative estimate of drug-likeness (QED) is 0.620. The lowest BCUT2D eigenvalue weighted by atomic mass is 10.2. The number of carbonyl (C=O) groups excluding carboxylic acids is 1. The first-order valence-corrected chi connectivity index (χ1v) is 6.97. The number of hydrogen-bond acceptors (Lipinski definition) is 5. The van der Waals surface area contributed by atoms with E-state index in [1.54, 1.807) is 4.90 Å². The zero-order valence-electron chi connectivity index (χ0n) is 11.8. The van der Waals surface area contributed by atoms with Crippen LogP contribution in [0.3, 0.4) is 0 Å². The summed E-state index contributed by atoms with van der Waals surface area (Å²) in [6.07, 6.45) is 3.24. The Morgan fingerprint density at radius 3 is 2.73 bits per heavy atom. The maximum absolute atomic E-state index is 12.3. The molecule has 3 rings (SSSR count). The van der Waals surface area contributed by atoms with Crippen LogP contribution in [-0.2, 0) is 11.3 Å². The van der Waals surface area contributed by atoms with Crippen molar-refractivity contribution in [2.45, 2.75) is 19.4 Å². The molecule has 0 unspecified atom stereocenters. The van der Waals surface area contributed by atoms with E-state index in [1.165, 1.54) is 29.1 Å². The summed E-state index contributed by atoms with van der Waals surface area (Å²) in [5.41, 5.74) is -0.234. The van der Waals surface area contributed by atoms with E-state index in [2.05, 4.69) is 4.98 Å². The summed E-state index contributed by atoms with van der Waals surface area (Å²) in [6, 6.07) is 3.89. The number of nitro groups is 1. The van der Waals surface area contributed by atoms with Crippen molar-refractivity contribution in [1.29, 1.82) is 0 Å². The number of amides is 1. The van der Waals surface area contributed by atoms with Crippen molar-refractivity contribution in [2.75, 3.05) is 13.1 Å². The van der Waals surface area contributed by atoms with E-state index in [0.29, 0.717) is 0 Å². The fourth-order valence-electron chi connectivity index (χ4n) is 2.59. The predicted octanol–water partition coefficient (Wildman–Crippen LogP) is 0.927. The standard InChI is InChI=1S/C14H14N4O4/c19-13(16-5-1-2-6-16)8-17-9-15-12-7-10(18(21)22)3-4-11(12)14(17)20/h3-4,7,9H,1-2,5-6,8H2. The van der Waals surface area contributed by atoms with Gasteiger partial charge in [-0.3, -0.25) is 24.3 Å². The van der Waals surface area contributed by atoms with Crippen LogP contribution in [-0.4, -0.2) is 38.4 Å². The number of nitro benzene ring substituents is 1. The monoisotopic (exact) mass is 302 g/mol. The van der Waals surface area contributed by atoms with Crippen LogP contribution in [0.15, 0.2) is 29.3 Å². The highest BCUT2D eigenvalue weighted by Gasteiger charge is 2.19. The lowest BCUT2D eigenvalue weighted by Crippen LogP contribution is -2.34. The van der Waals surface area contributed by atoms with E-state index in [4.69, 9.17) is 0 Å². The molecule has 0 radical (unpaired) electrons. The first kappa shape index (κ1) is 14.2. The molecule has 2 aromatic rings. The number of fused-ring (bicyclic) bond motifs is 1. The van der Waals surface area contributed by atoms with E-state index in [-0.39, 0.29) is 34.6 Å². The number of non-ortho nitro benzene ring substituents is 1. The summed E-state index contributed by atoms with van der Waals surface area (Å²) in [5, 5.41) is 11.0. The molecule has 1 saturated heterocycles. The smallest absolute Gasteiger partial charge is 0.271 e. The Morgan fingerprint density at radius 2 is 2.05 bits per heavy atom. The number of nitrogens with zero attached hydrogens (tertiary/aromatic N) is 4. The summed E-state index contributed by atoms with van der Waals surface area (Å²) < 4.78 is 1.24. The van der Waals surface area contributed by atoms with E-state index in [1.807, 2.05) is 0 Å². The Morgan fingerprint density at radius 1 is 1.32 bits per heavy atom. The molecule has 1 aromatic heterocycles. The van der Waals surface area contributed by atoms with E-state index >= 15 is 0 Å². The Hall–Kier alpha value is -2.77. The Bertz CT molecular complexity index is 808. The van der Waals surface area contributed by atoms with E-state index in [9.17, 15) is 19.7 Å². The highest BCUT2D eigenvalue weighted by Crippen LogP contribution is 2.16. The minimum Gasteiger partial charge on any atom is -0.341 e. The zero-order valence-corrected chi connectivity index (χ0v) is 11.8. The molecule has 114 valence electrons. The van der Waals surface area contributed by atoms with Crippen molar-refractivity contribution >= 4 is 22.5 Å². The van der Waals surface area contributed by atoms with Crippen LogP contribution in [0.25, 0.3) is 10.9 Å². The SMILES string of the molecule is O=C(Cn1cnc2cc([N+](=O)[O-])ccc2c1=O)N1CCCC1. The van der Waals surface area contributed by atoms with Gasteiger partial charge in [-0.1, -0.05) is 0 Å². The third-order valence-electron chi connectivity index (χ3n) is 3.78. The molecule has 0 N–H and O–H groups in total. The summed E-state index contributed by atoms with van der Waals surface area (Å²) in [6.45, 7) is 1.39. The van der Waals surface area contributed by atoms with Crippen LogP contribution in [0, 0.1) is 10.1 Å². The largest absolute Gasteiger partial charge is 0.341 e. The van der Waals surface area contributed by atoms with Gasteiger partial charge in [-0.15, -0.1) is 0 Å². The molecular weight excluding hydrogens is 288 g/mol. The average molecular weight is 302 g/mol. The maximum Gasteiger partial charge on any atom is 0.271 e. The molecule has 1 amide bonds. The molecule has 1 fully saturated rings. The number of rotatable bonds is 3. The second-order valence-corrected chi connectivity index (χ2v) is 5.22. The van der Waals surface area contributed by atoms with Crippen molar-refractivity contribution in [2.24, 2.45) is 0 Å². The van der Waals surface area contributed by atoms with Crippen molar-refractivity contribution < 1.29 is 9.72 Å². The molecule has 8 heteroatoms. The first-order valence-electron chi connectivity index (χ1n) is 6.97. The van der Waals surface area contributed by atoms with Crippen LogP contribution < -0.4 is 5.56 Å². The van der Waals surface area contributed by atoms with Gasteiger partial charge in [0.1, 0.15) is 6.54 Å². The molecule has 1 aromatic carbocycles. The fraction of sp³-hybridized carbons (Fsp3) is 0.357. The molecule has 0 bridgehead atoms. The van der Waals surface area contributed by atoms with E-state index < -0.39 is 4.92 Å². The summed E-state index contributed by atoms with van der Waals surface area (Å²) in [4.78, 5) is 40.4. The Kier molecular flexibility index (Phi) is 3.58. The van der Waals surface area contributed by atoms with Crippen molar-refractivity contribution in [3.8, 4) is 0 Å². The van der Waals surface area contributed by atoms with E-state index in [0.717, 1.165) is 25.9 Å². The fourth-order valence-corrected chi connectivity index (χ4v) is 2.59. The van der Waals surface area contributed by atoms with Crippen molar-refractivity contribution in [3.05, 3.63) is 45.0 Å². The third kappa shape index (κ3) is 2.54. The van der Waals surface area contributed by atoms with Gasteiger partial charge < -0.3 is 4.90 Å². The second-order valence-electron chi connectivity index (χ2n) is 5.22. The lowest BCUT2D eigenvalue weighted by molar-refractivity contribution is -0.384.